The number of anilines is 1. The summed E-state index contributed by atoms with van der Waals surface area (Å²) in [5.74, 6) is 0.0225. The van der Waals surface area contributed by atoms with Gasteiger partial charge in [-0.1, -0.05) is 30.4 Å². The Labute approximate surface area is 114 Å². The van der Waals surface area contributed by atoms with Gasteiger partial charge in [0.15, 0.2) is 0 Å². The second kappa shape index (κ2) is 3.72. The van der Waals surface area contributed by atoms with E-state index in [-0.39, 0.29) is 35.5 Å². The Morgan fingerprint density at radius 3 is 2.37 bits per heavy atom. The number of aromatic nitrogens is 2. The lowest BCUT2D eigenvalue weighted by atomic mass is 9.85. The quantitative estimate of drug-likeness (QED) is 0.605. The van der Waals surface area contributed by atoms with Crippen LogP contribution >= 0.6 is 11.3 Å². The number of aryl methyl sites for hydroxylation is 1. The van der Waals surface area contributed by atoms with Gasteiger partial charge in [0.05, 0.1) is 11.8 Å². The molecule has 1 saturated heterocycles. The van der Waals surface area contributed by atoms with Gasteiger partial charge in [0.2, 0.25) is 16.9 Å². The summed E-state index contributed by atoms with van der Waals surface area (Å²) in [7, 11) is 0. The number of imide groups is 1. The van der Waals surface area contributed by atoms with Gasteiger partial charge in [-0.2, -0.15) is 0 Å². The van der Waals surface area contributed by atoms with E-state index in [1.54, 1.807) is 0 Å². The van der Waals surface area contributed by atoms with Crippen LogP contribution in [0.4, 0.5) is 5.13 Å². The Morgan fingerprint density at radius 1 is 1.21 bits per heavy atom. The van der Waals surface area contributed by atoms with Crippen molar-refractivity contribution in [3.63, 3.8) is 0 Å². The van der Waals surface area contributed by atoms with Crippen molar-refractivity contribution in [3.8, 4) is 0 Å². The Balaban J connectivity index is 1.72. The minimum absolute atomic E-state index is 0.0781. The third-order valence-corrected chi connectivity index (χ3v) is 5.47. The Morgan fingerprint density at radius 2 is 1.84 bits per heavy atom. The lowest BCUT2D eigenvalue weighted by molar-refractivity contribution is -0.123. The van der Waals surface area contributed by atoms with Crippen molar-refractivity contribution >= 4 is 28.3 Å². The molecule has 1 aliphatic heterocycles. The Bertz CT molecular complexity index is 579. The standard InChI is InChI=1S/C13H13N3O2S/c1-2-8-14-15-13(19-8)16-11(17)9-6-3-4-7(5-6)10(9)12(16)18/h3-4,6-7,9-10H,2,5H2,1H3/t6-,7-,9-,10+/m0/s1. The molecule has 2 heterocycles. The highest BCUT2D eigenvalue weighted by Crippen LogP contribution is 2.53. The number of nitrogens with zero attached hydrogens (tertiary/aromatic N) is 3. The zero-order chi connectivity index (χ0) is 13.1. The highest BCUT2D eigenvalue weighted by molar-refractivity contribution is 7.15. The highest BCUT2D eigenvalue weighted by Gasteiger charge is 2.60. The zero-order valence-electron chi connectivity index (χ0n) is 10.4. The van der Waals surface area contributed by atoms with Gasteiger partial charge in [-0.3, -0.25) is 9.59 Å². The van der Waals surface area contributed by atoms with Gasteiger partial charge in [-0.15, -0.1) is 10.2 Å². The van der Waals surface area contributed by atoms with Gasteiger partial charge < -0.3 is 0 Å². The van der Waals surface area contributed by atoms with Crippen molar-refractivity contribution in [1.82, 2.24) is 10.2 Å². The van der Waals surface area contributed by atoms with Crippen LogP contribution < -0.4 is 4.90 Å². The van der Waals surface area contributed by atoms with Crippen molar-refractivity contribution in [1.29, 1.82) is 0 Å². The summed E-state index contributed by atoms with van der Waals surface area (Å²) in [5, 5.41) is 9.30. The van der Waals surface area contributed by atoms with E-state index in [9.17, 15) is 9.59 Å². The number of hydrogen-bond donors (Lipinski definition) is 0. The van der Waals surface area contributed by atoms with E-state index in [1.165, 1.54) is 16.2 Å². The molecule has 2 bridgehead atoms. The molecule has 0 radical (unpaired) electrons. The molecule has 98 valence electrons. The van der Waals surface area contributed by atoms with Crippen LogP contribution in [0.15, 0.2) is 12.2 Å². The summed E-state index contributed by atoms with van der Waals surface area (Å²) in [5.41, 5.74) is 0. The summed E-state index contributed by atoms with van der Waals surface area (Å²) in [6.45, 7) is 1.98. The number of allylic oxidation sites excluding steroid dienone is 2. The average Bonchev–Trinajstić information content (AvgIpc) is 3.14. The van der Waals surface area contributed by atoms with Crippen molar-refractivity contribution in [2.75, 3.05) is 4.90 Å². The van der Waals surface area contributed by atoms with Gasteiger partial charge in [0.1, 0.15) is 5.01 Å². The first-order chi connectivity index (χ1) is 9.20. The van der Waals surface area contributed by atoms with Crippen LogP contribution in [-0.2, 0) is 16.0 Å². The monoisotopic (exact) mass is 275 g/mol. The summed E-state index contributed by atoms with van der Waals surface area (Å²) in [4.78, 5) is 26.3. The first-order valence-corrected chi connectivity index (χ1v) is 7.41. The minimum atomic E-state index is -0.156. The van der Waals surface area contributed by atoms with Crippen molar-refractivity contribution in [3.05, 3.63) is 17.2 Å². The fourth-order valence-corrected chi connectivity index (χ4v) is 4.36. The number of rotatable bonds is 2. The molecular weight excluding hydrogens is 262 g/mol. The molecule has 0 aromatic carbocycles. The maximum Gasteiger partial charge on any atom is 0.240 e. The maximum absolute atomic E-state index is 12.5. The molecule has 2 amide bonds. The molecule has 6 heteroatoms. The molecule has 1 saturated carbocycles. The molecule has 3 aliphatic rings. The van der Waals surface area contributed by atoms with Crippen LogP contribution in [0.1, 0.15) is 18.4 Å². The third-order valence-electron chi connectivity index (χ3n) is 4.42. The Hall–Kier alpha value is -1.56. The number of fused-ring (bicyclic) bond motifs is 5. The molecule has 4 atom stereocenters. The van der Waals surface area contributed by atoms with E-state index in [2.05, 4.69) is 22.3 Å². The largest absolute Gasteiger partial charge is 0.274 e. The van der Waals surface area contributed by atoms with Crippen LogP contribution in [-0.4, -0.2) is 22.0 Å². The molecule has 2 fully saturated rings. The molecule has 0 spiro atoms. The van der Waals surface area contributed by atoms with Gasteiger partial charge >= 0.3 is 0 Å². The normalized spacial score (nSPS) is 35.5. The summed E-state index contributed by atoms with van der Waals surface area (Å²) in [6.07, 6.45) is 5.92. The third kappa shape index (κ3) is 1.35. The topological polar surface area (TPSA) is 63.2 Å². The van der Waals surface area contributed by atoms with E-state index in [1.807, 2.05) is 6.92 Å². The van der Waals surface area contributed by atoms with Crippen LogP contribution in [0.3, 0.4) is 0 Å². The molecule has 4 rings (SSSR count). The van der Waals surface area contributed by atoms with E-state index in [0.29, 0.717) is 5.13 Å². The first-order valence-electron chi connectivity index (χ1n) is 6.59. The van der Waals surface area contributed by atoms with Crippen LogP contribution in [0.2, 0.25) is 0 Å². The lowest BCUT2D eigenvalue weighted by Gasteiger charge is -2.14. The molecular formula is C13H13N3O2S. The van der Waals surface area contributed by atoms with Crippen LogP contribution in [0.25, 0.3) is 0 Å². The van der Waals surface area contributed by atoms with E-state index in [0.717, 1.165) is 17.8 Å². The fourth-order valence-electron chi connectivity index (χ4n) is 3.57. The molecule has 2 aliphatic carbocycles. The fraction of sp³-hybridized carbons (Fsp3) is 0.538. The molecule has 1 aromatic heterocycles. The first kappa shape index (κ1) is 11.3. The minimum Gasteiger partial charge on any atom is -0.274 e. The second-order valence-electron chi connectivity index (χ2n) is 5.34. The zero-order valence-corrected chi connectivity index (χ0v) is 11.3. The van der Waals surface area contributed by atoms with Crippen molar-refractivity contribution in [2.24, 2.45) is 23.7 Å². The lowest BCUT2D eigenvalue weighted by Crippen LogP contribution is -2.32. The number of carbonyl (C=O) groups is 2. The van der Waals surface area contributed by atoms with Gasteiger partial charge in [-0.25, -0.2) is 4.90 Å². The second-order valence-corrected chi connectivity index (χ2v) is 6.38. The van der Waals surface area contributed by atoms with Crippen LogP contribution in [0, 0.1) is 23.7 Å². The number of hydrogen-bond acceptors (Lipinski definition) is 5. The molecule has 1 aromatic rings. The average molecular weight is 275 g/mol. The molecule has 19 heavy (non-hydrogen) atoms. The Kier molecular flexibility index (Phi) is 2.21. The predicted molar refractivity (Wildman–Crippen MR) is 69.5 cm³/mol. The summed E-state index contributed by atoms with van der Waals surface area (Å²) in [6, 6.07) is 0. The molecule has 5 nitrogen and oxygen atoms in total. The predicted octanol–water partition coefficient (Wildman–Crippen LogP) is 1.41. The summed E-state index contributed by atoms with van der Waals surface area (Å²) >= 11 is 1.34. The SMILES string of the molecule is CCc1nnc(N2C(=O)[C@@H]3[C@H](C2=O)[C@H]2C=C[C@H]3C2)s1. The van der Waals surface area contributed by atoms with Crippen molar-refractivity contribution in [2.45, 2.75) is 19.8 Å². The highest BCUT2D eigenvalue weighted by atomic mass is 32.1. The van der Waals surface area contributed by atoms with Crippen molar-refractivity contribution < 1.29 is 9.59 Å². The van der Waals surface area contributed by atoms with Gasteiger partial charge in [0.25, 0.3) is 0 Å². The molecule has 0 N–H and O–H groups in total. The van der Waals surface area contributed by atoms with Gasteiger partial charge in [-0.05, 0) is 24.7 Å². The van der Waals surface area contributed by atoms with E-state index < -0.39 is 0 Å². The van der Waals surface area contributed by atoms with Gasteiger partial charge in [0, 0.05) is 0 Å². The smallest absolute Gasteiger partial charge is 0.240 e. The van der Waals surface area contributed by atoms with Crippen LogP contribution in [0.5, 0.6) is 0 Å². The number of carbonyl (C=O) groups excluding carboxylic acids is 2. The summed E-state index contributed by atoms with van der Waals surface area (Å²) < 4.78 is 0. The maximum atomic E-state index is 12.5. The molecule has 0 unspecified atom stereocenters. The number of amides is 2. The van der Waals surface area contributed by atoms with E-state index >= 15 is 0 Å². The van der Waals surface area contributed by atoms with E-state index in [4.69, 9.17) is 0 Å².